The van der Waals surface area contributed by atoms with E-state index in [1.54, 1.807) is 19.5 Å². The van der Waals surface area contributed by atoms with Gasteiger partial charge in [-0.3, -0.25) is 0 Å². The Balaban J connectivity index is 2.72. The normalized spacial score (nSPS) is 10.7. The number of halogens is 1. The lowest BCUT2D eigenvalue weighted by Crippen LogP contribution is -2.05. The Morgan fingerprint density at radius 2 is 2.00 bits per heavy atom. The lowest BCUT2D eigenvalue weighted by molar-refractivity contribution is 0.416. The molecule has 1 aromatic carbocycles. The first-order valence-electron chi connectivity index (χ1n) is 6.45. The van der Waals surface area contributed by atoms with Gasteiger partial charge in [-0.25, -0.2) is 9.97 Å². The predicted molar refractivity (Wildman–Crippen MR) is 82.7 cm³/mol. The first-order chi connectivity index (χ1) is 9.58. The molecule has 0 saturated heterocycles. The van der Waals surface area contributed by atoms with Crippen LogP contribution in [0.15, 0.2) is 24.5 Å². The maximum Gasteiger partial charge on any atom is 0.133 e. The molecule has 0 amide bonds. The Labute approximate surface area is 124 Å². The quantitative estimate of drug-likeness (QED) is 0.926. The molecule has 2 rings (SSSR count). The van der Waals surface area contributed by atoms with Gasteiger partial charge in [-0.15, -0.1) is 0 Å². The largest absolute Gasteiger partial charge is 0.496 e. The summed E-state index contributed by atoms with van der Waals surface area (Å²) in [5, 5.41) is 3.77. The number of methoxy groups -OCH3 is 1. The smallest absolute Gasteiger partial charge is 0.133 e. The summed E-state index contributed by atoms with van der Waals surface area (Å²) in [6, 6.07) is 5.52. The molecule has 0 aliphatic carbocycles. The first-order valence-corrected chi connectivity index (χ1v) is 6.82. The Hall–Kier alpha value is -1.81. The van der Waals surface area contributed by atoms with Gasteiger partial charge < -0.3 is 10.1 Å². The fourth-order valence-corrected chi connectivity index (χ4v) is 2.39. The van der Waals surface area contributed by atoms with Crippen molar-refractivity contribution in [2.75, 3.05) is 19.5 Å². The van der Waals surface area contributed by atoms with E-state index in [0.717, 1.165) is 28.4 Å². The van der Waals surface area contributed by atoms with E-state index in [-0.39, 0.29) is 5.92 Å². The van der Waals surface area contributed by atoms with Crippen molar-refractivity contribution >= 4 is 17.4 Å². The number of benzene rings is 1. The number of aromatic nitrogens is 2. The van der Waals surface area contributed by atoms with Gasteiger partial charge >= 0.3 is 0 Å². The van der Waals surface area contributed by atoms with Crippen molar-refractivity contribution < 1.29 is 4.74 Å². The van der Waals surface area contributed by atoms with Gasteiger partial charge in [0.2, 0.25) is 0 Å². The average molecular weight is 292 g/mol. The zero-order chi connectivity index (χ0) is 14.7. The summed E-state index contributed by atoms with van der Waals surface area (Å²) in [6.07, 6.45) is 1.55. The van der Waals surface area contributed by atoms with Crippen LogP contribution in [0.3, 0.4) is 0 Å². The Morgan fingerprint density at radius 3 is 2.60 bits per heavy atom. The third kappa shape index (κ3) is 2.70. The number of nitrogens with zero attached hydrogens (tertiary/aromatic N) is 2. The minimum atomic E-state index is 0.275. The maximum atomic E-state index is 6.11. The topological polar surface area (TPSA) is 47.0 Å². The van der Waals surface area contributed by atoms with Crippen LogP contribution < -0.4 is 10.1 Å². The van der Waals surface area contributed by atoms with Crippen molar-refractivity contribution in [1.29, 1.82) is 0 Å². The van der Waals surface area contributed by atoms with E-state index in [0.29, 0.717) is 5.02 Å². The molecule has 1 aromatic heterocycles. The summed E-state index contributed by atoms with van der Waals surface area (Å²) in [5.41, 5.74) is 2.77. The third-order valence-electron chi connectivity index (χ3n) is 3.11. The van der Waals surface area contributed by atoms with Crippen LogP contribution in [-0.4, -0.2) is 24.1 Å². The molecule has 106 valence electrons. The highest BCUT2D eigenvalue weighted by atomic mass is 35.5. The van der Waals surface area contributed by atoms with E-state index < -0.39 is 0 Å². The van der Waals surface area contributed by atoms with Crippen LogP contribution in [0.2, 0.25) is 5.02 Å². The van der Waals surface area contributed by atoms with Crippen molar-refractivity contribution in [3.05, 3.63) is 35.1 Å². The zero-order valence-electron chi connectivity index (χ0n) is 12.1. The van der Waals surface area contributed by atoms with Crippen molar-refractivity contribution in [1.82, 2.24) is 9.97 Å². The fourth-order valence-electron chi connectivity index (χ4n) is 2.22. The number of ether oxygens (including phenoxy) is 1. The van der Waals surface area contributed by atoms with E-state index in [9.17, 15) is 0 Å². The highest BCUT2D eigenvalue weighted by Crippen LogP contribution is 2.37. The van der Waals surface area contributed by atoms with Crippen LogP contribution in [0.25, 0.3) is 11.3 Å². The lowest BCUT2D eigenvalue weighted by Gasteiger charge is -2.17. The van der Waals surface area contributed by atoms with Crippen LogP contribution in [0.1, 0.15) is 25.3 Å². The van der Waals surface area contributed by atoms with Gasteiger partial charge in [0.15, 0.2) is 0 Å². The SMILES string of the molecule is CNc1ncnc(-c2cc(Cl)ccc2OC)c1C(C)C. The molecular formula is C15H18ClN3O. The van der Waals surface area contributed by atoms with E-state index in [2.05, 4.69) is 29.1 Å². The molecule has 0 fully saturated rings. The molecule has 1 N–H and O–H groups in total. The minimum absolute atomic E-state index is 0.275. The summed E-state index contributed by atoms with van der Waals surface area (Å²) < 4.78 is 5.42. The molecule has 5 heteroatoms. The van der Waals surface area contributed by atoms with Crippen LogP contribution in [-0.2, 0) is 0 Å². The first kappa shape index (κ1) is 14.6. The Bertz CT molecular complexity index is 614. The molecule has 0 aliphatic rings. The summed E-state index contributed by atoms with van der Waals surface area (Å²) >= 11 is 6.11. The van der Waals surface area contributed by atoms with Crippen LogP contribution >= 0.6 is 11.6 Å². The average Bonchev–Trinajstić information content (AvgIpc) is 2.46. The standard InChI is InChI=1S/C15H18ClN3O/c1-9(2)13-14(18-8-19-15(13)17-3)11-7-10(16)5-6-12(11)20-4/h5-9H,1-4H3,(H,17,18,19). The second-order valence-electron chi connectivity index (χ2n) is 4.73. The summed E-state index contributed by atoms with van der Waals surface area (Å²) in [5.74, 6) is 1.85. The molecule has 20 heavy (non-hydrogen) atoms. The fraction of sp³-hybridized carbons (Fsp3) is 0.333. The minimum Gasteiger partial charge on any atom is -0.496 e. The van der Waals surface area contributed by atoms with Gasteiger partial charge in [-0.1, -0.05) is 25.4 Å². The summed E-state index contributed by atoms with van der Waals surface area (Å²) in [7, 11) is 3.50. The molecular weight excluding hydrogens is 274 g/mol. The van der Waals surface area contributed by atoms with Gasteiger partial charge in [-0.05, 0) is 24.1 Å². The van der Waals surface area contributed by atoms with Crippen molar-refractivity contribution in [2.45, 2.75) is 19.8 Å². The Morgan fingerprint density at radius 1 is 1.25 bits per heavy atom. The number of nitrogens with one attached hydrogen (secondary N) is 1. The zero-order valence-corrected chi connectivity index (χ0v) is 12.8. The molecule has 0 radical (unpaired) electrons. The number of hydrogen-bond donors (Lipinski definition) is 1. The predicted octanol–water partition coefficient (Wildman–Crippen LogP) is 3.97. The van der Waals surface area contributed by atoms with Crippen molar-refractivity contribution in [2.24, 2.45) is 0 Å². The summed E-state index contributed by atoms with van der Waals surface area (Å²) in [4.78, 5) is 8.73. The lowest BCUT2D eigenvalue weighted by atomic mass is 9.97. The van der Waals surface area contributed by atoms with Gasteiger partial charge in [0.05, 0.1) is 12.8 Å². The number of rotatable bonds is 4. The van der Waals surface area contributed by atoms with Gasteiger partial charge in [0.25, 0.3) is 0 Å². The molecule has 2 aromatic rings. The van der Waals surface area contributed by atoms with Crippen molar-refractivity contribution in [3.8, 4) is 17.0 Å². The van der Waals surface area contributed by atoms with E-state index in [4.69, 9.17) is 16.3 Å². The molecule has 0 spiro atoms. The molecule has 0 unspecified atom stereocenters. The molecule has 0 atom stereocenters. The molecule has 4 nitrogen and oxygen atoms in total. The third-order valence-corrected chi connectivity index (χ3v) is 3.35. The van der Waals surface area contributed by atoms with Gasteiger partial charge in [-0.2, -0.15) is 0 Å². The highest BCUT2D eigenvalue weighted by molar-refractivity contribution is 6.31. The monoisotopic (exact) mass is 291 g/mol. The maximum absolute atomic E-state index is 6.11. The molecule has 0 bridgehead atoms. The van der Waals surface area contributed by atoms with Crippen molar-refractivity contribution in [3.63, 3.8) is 0 Å². The second-order valence-corrected chi connectivity index (χ2v) is 5.17. The van der Waals surface area contributed by atoms with E-state index in [1.165, 1.54) is 0 Å². The molecule has 0 saturated carbocycles. The summed E-state index contributed by atoms with van der Waals surface area (Å²) in [6.45, 7) is 4.22. The Kier molecular flexibility index (Phi) is 4.45. The van der Waals surface area contributed by atoms with Gasteiger partial charge in [0.1, 0.15) is 17.9 Å². The van der Waals surface area contributed by atoms with Gasteiger partial charge in [0, 0.05) is 23.2 Å². The van der Waals surface area contributed by atoms with E-state index >= 15 is 0 Å². The van der Waals surface area contributed by atoms with Crippen LogP contribution in [0, 0.1) is 0 Å². The van der Waals surface area contributed by atoms with E-state index in [1.807, 2.05) is 19.2 Å². The molecule has 0 aliphatic heterocycles. The van der Waals surface area contributed by atoms with Crippen LogP contribution in [0.5, 0.6) is 5.75 Å². The number of anilines is 1. The molecule has 1 heterocycles. The second kappa shape index (κ2) is 6.09. The van der Waals surface area contributed by atoms with Crippen LogP contribution in [0.4, 0.5) is 5.82 Å². The number of hydrogen-bond acceptors (Lipinski definition) is 4. The highest BCUT2D eigenvalue weighted by Gasteiger charge is 2.18.